The molecule has 2 aromatic rings. The van der Waals surface area contributed by atoms with Crippen LogP contribution in [0.4, 0.5) is 10.6 Å². The molecule has 0 radical (unpaired) electrons. The van der Waals surface area contributed by atoms with Crippen molar-refractivity contribution in [2.75, 3.05) is 11.9 Å². The Bertz CT molecular complexity index is 1070. The van der Waals surface area contributed by atoms with Crippen LogP contribution in [0.3, 0.4) is 0 Å². The van der Waals surface area contributed by atoms with E-state index in [4.69, 9.17) is 9.47 Å². The maximum Gasteiger partial charge on any atom is 0.408 e. The Morgan fingerprint density at radius 3 is 2.76 bits per heavy atom. The van der Waals surface area contributed by atoms with Crippen molar-refractivity contribution in [2.24, 2.45) is 5.92 Å². The van der Waals surface area contributed by atoms with Gasteiger partial charge in [-0.25, -0.2) is 14.3 Å². The topological polar surface area (TPSA) is 124 Å². The predicted molar refractivity (Wildman–Crippen MR) is 121 cm³/mol. The molecule has 2 N–H and O–H groups in total. The van der Waals surface area contributed by atoms with Crippen LogP contribution in [-0.2, 0) is 14.3 Å². The molecule has 0 aliphatic carbocycles. The first kappa shape index (κ1) is 24.0. The molecule has 3 heterocycles. The van der Waals surface area contributed by atoms with Gasteiger partial charge in [-0.2, -0.15) is 5.10 Å². The Morgan fingerprint density at radius 2 is 2.06 bits per heavy atom. The number of ether oxygens (including phenoxy) is 2. The molecule has 0 fully saturated rings. The molecule has 2 unspecified atom stereocenters. The average Bonchev–Trinajstić information content (AvgIpc) is 3.15. The maximum absolute atomic E-state index is 12.7. The van der Waals surface area contributed by atoms with Crippen molar-refractivity contribution in [2.45, 2.75) is 52.7 Å². The summed E-state index contributed by atoms with van der Waals surface area (Å²) in [4.78, 5) is 41.8. The summed E-state index contributed by atoms with van der Waals surface area (Å²) in [7, 11) is 0. The molecule has 2 aromatic heterocycles. The third kappa shape index (κ3) is 6.18. The summed E-state index contributed by atoms with van der Waals surface area (Å²) in [5, 5.41) is 10.00. The largest absolute Gasteiger partial charge is 0.461 e. The third-order valence-corrected chi connectivity index (χ3v) is 4.71. The van der Waals surface area contributed by atoms with Crippen molar-refractivity contribution < 1.29 is 23.9 Å². The first-order valence-corrected chi connectivity index (χ1v) is 10.8. The number of carbonyl (C=O) groups excluding carboxylic acids is 3. The molecule has 1 aliphatic rings. The number of fused-ring (bicyclic) bond motifs is 4. The first-order valence-electron chi connectivity index (χ1n) is 10.8. The normalized spacial score (nSPS) is 18.3. The minimum atomic E-state index is -0.652. The molecule has 0 saturated carbocycles. The number of nitrogens with zero attached hydrogens (tertiary/aromatic N) is 3. The summed E-state index contributed by atoms with van der Waals surface area (Å²) >= 11 is 0. The van der Waals surface area contributed by atoms with Gasteiger partial charge in [-0.1, -0.05) is 19.1 Å². The zero-order valence-electron chi connectivity index (χ0n) is 19.4. The summed E-state index contributed by atoms with van der Waals surface area (Å²) in [5.74, 6) is -1.01. The number of rotatable bonds is 3. The summed E-state index contributed by atoms with van der Waals surface area (Å²) in [6, 6.07) is 4.39. The van der Waals surface area contributed by atoms with E-state index >= 15 is 0 Å². The lowest BCUT2D eigenvalue weighted by atomic mass is 10.1. The van der Waals surface area contributed by atoms with Crippen molar-refractivity contribution in [3.8, 4) is 5.69 Å². The van der Waals surface area contributed by atoms with Crippen molar-refractivity contribution >= 4 is 23.8 Å². The number of alkyl carbamates (subject to hydrolysis) is 1. The van der Waals surface area contributed by atoms with Gasteiger partial charge in [0.2, 0.25) is 5.91 Å². The third-order valence-electron chi connectivity index (χ3n) is 4.71. The van der Waals surface area contributed by atoms with E-state index in [2.05, 4.69) is 20.7 Å². The maximum atomic E-state index is 12.7. The van der Waals surface area contributed by atoms with E-state index in [1.54, 1.807) is 59.0 Å². The highest BCUT2D eigenvalue weighted by Crippen LogP contribution is 2.24. The fourth-order valence-electron chi connectivity index (χ4n) is 3.18. The molecule has 0 saturated heterocycles. The Morgan fingerprint density at radius 1 is 1.30 bits per heavy atom. The van der Waals surface area contributed by atoms with Crippen LogP contribution in [0.15, 0.2) is 36.5 Å². The first-order chi connectivity index (χ1) is 15.6. The molecule has 176 valence electrons. The van der Waals surface area contributed by atoms with E-state index in [1.807, 2.05) is 6.08 Å². The zero-order chi connectivity index (χ0) is 24.2. The molecule has 10 nitrogen and oxygen atoms in total. The molecule has 1 aliphatic heterocycles. The van der Waals surface area contributed by atoms with Crippen LogP contribution in [0.5, 0.6) is 0 Å². The minimum Gasteiger partial charge on any atom is -0.461 e. The fourth-order valence-corrected chi connectivity index (χ4v) is 3.18. The highest BCUT2D eigenvalue weighted by molar-refractivity contribution is 5.95. The summed E-state index contributed by atoms with van der Waals surface area (Å²) in [6.07, 6.45) is 4.97. The highest BCUT2D eigenvalue weighted by Gasteiger charge is 2.24. The average molecular weight is 456 g/mol. The van der Waals surface area contributed by atoms with Crippen molar-refractivity contribution in [3.63, 3.8) is 0 Å². The lowest BCUT2D eigenvalue weighted by Gasteiger charge is -2.23. The second kappa shape index (κ2) is 9.85. The van der Waals surface area contributed by atoms with Gasteiger partial charge < -0.3 is 20.1 Å². The van der Waals surface area contributed by atoms with Gasteiger partial charge in [-0.3, -0.25) is 9.78 Å². The number of anilines is 1. The number of hydrogen-bond donors (Lipinski definition) is 2. The summed E-state index contributed by atoms with van der Waals surface area (Å²) < 4.78 is 11.9. The quantitative estimate of drug-likeness (QED) is 0.536. The molecule has 2 amide bonds. The van der Waals surface area contributed by atoms with Crippen molar-refractivity contribution in [1.29, 1.82) is 0 Å². The van der Waals surface area contributed by atoms with E-state index < -0.39 is 29.6 Å². The Balaban J connectivity index is 2.04. The van der Waals surface area contributed by atoms with Crippen molar-refractivity contribution in [1.82, 2.24) is 20.1 Å². The Kier molecular flexibility index (Phi) is 7.15. The van der Waals surface area contributed by atoms with Gasteiger partial charge in [0.05, 0.1) is 29.9 Å². The van der Waals surface area contributed by atoms with Crippen LogP contribution in [0.2, 0.25) is 0 Å². The molecule has 10 heteroatoms. The number of hydrogen-bond acceptors (Lipinski definition) is 7. The van der Waals surface area contributed by atoms with Crippen LogP contribution in [0.25, 0.3) is 5.69 Å². The number of amides is 2. The SMILES string of the molecule is CCOC(=O)c1cc2n(n1)-c1ccnc(c1)C(NC(=O)OC(C)(C)C)CC=CC(C)C(=O)N2. The summed E-state index contributed by atoms with van der Waals surface area (Å²) in [5.41, 5.74) is 0.536. The van der Waals surface area contributed by atoms with E-state index in [9.17, 15) is 14.4 Å². The molecule has 2 atom stereocenters. The molecule has 0 spiro atoms. The number of aromatic nitrogens is 3. The van der Waals surface area contributed by atoms with Crippen molar-refractivity contribution in [3.05, 3.63) is 47.9 Å². The van der Waals surface area contributed by atoms with Crippen LogP contribution in [0.1, 0.15) is 63.3 Å². The monoisotopic (exact) mass is 455 g/mol. The van der Waals surface area contributed by atoms with E-state index in [0.29, 0.717) is 23.6 Å². The lowest BCUT2D eigenvalue weighted by molar-refractivity contribution is -0.118. The second-order valence-corrected chi connectivity index (χ2v) is 8.63. The smallest absolute Gasteiger partial charge is 0.408 e. The van der Waals surface area contributed by atoms with E-state index in [-0.39, 0.29) is 18.2 Å². The molecule has 0 aromatic carbocycles. The van der Waals surface area contributed by atoms with E-state index in [0.717, 1.165) is 0 Å². The number of carbonyl (C=O) groups is 3. The van der Waals surface area contributed by atoms with Gasteiger partial charge in [0.25, 0.3) is 0 Å². The lowest BCUT2D eigenvalue weighted by Crippen LogP contribution is -2.35. The summed E-state index contributed by atoms with van der Waals surface area (Å²) in [6.45, 7) is 9.01. The Labute approximate surface area is 192 Å². The molecule has 2 bridgehead atoms. The second-order valence-electron chi connectivity index (χ2n) is 8.63. The van der Waals surface area contributed by atoms with E-state index in [1.165, 1.54) is 10.7 Å². The van der Waals surface area contributed by atoms with Gasteiger partial charge in [-0.15, -0.1) is 0 Å². The Hall–Kier alpha value is -3.69. The fraction of sp³-hybridized carbons (Fsp3) is 0.435. The number of nitrogens with one attached hydrogen (secondary N) is 2. The van der Waals surface area contributed by atoms with Crippen LogP contribution >= 0.6 is 0 Å². The molecular weight excluding hydrogens is 426 g/mol. The predicted octanol–water partition coefficient (Wildman–Crippen LogP) is 3.54. The number of pyridine rings is 1. The van der Waals surface area contributed by atoms with Crippen LogP contribution < -0.4 is 10.6 Å². The van der Waals surface area contributed by atoms with Crippen LogP contribution in [-0.4, -0.2) is 44.9 Å². The minimum absolute atomic E-state index is 0.0620. The van der Waals surface area contributed by atoms with Gasteiger partial charge in [-0.05, 0) is 46.2 Å². The molecule has 3 rings (SSSR count). The van der Waals surface area contributed by atoms with Gasteiger partial charge >= 0.3 is 12.1 Å². The highest BCUT2D eigenvalue weighted by atomic mass is 16.6. The standard InChI is InChI=1S/C23H29N5O5/c1-6-32-21(30)18-13-19-26-20(29)14(2)8-7-9-16(25-22(31)33-23(3,4)5)17-12-15(10-11-24-17)28(19)27-18/h7-8,10-14,16H,6,9H2,1-5H3,(H,25,31)(H,26,29). The molecular formula is C23H29N5O5. The van der Waals surface area contributed by atoms with Gasteiger partial charge in [0.1, 0.15) is 11.4 Å². The van der Waals surface area contributed by atoms with Gasteiger partial charge in [0, 0.05) is 12.3 Å². The van der Waals surface area contributed by atoms with Gasteiger partial charge in [0.15, 0.2) is 5.69 Å². The van der Waals surface area contributed by atoms with Crippen LogP contribution in [0, 0.1) is 5.92 Å². The molecule has 33 heavy (non-hydrogen) atoms. The number of esters is 1. The zero-order valence-corrected chi connectivity index (χ0v) is 19.4.